The molecule has 0 spiro atoms. The number of hydrogen-bond donors (Lipinski definition) is 4. The predicted octanol–water partition coefficient (Wildman–Crippen LogP) is 1.06. The minimum absolute atomic E-state index is 0.00741. The van der Waals surface area contributed by atoms with Crippen LogP contribution in [-0.2, 0) is 4.79 Å². The van der Waals surface area contributed by atoms with E-state index >= 15 is 0 Å². The maximum Gasteiger partial charge on any atom is 0.314 e. The van der Waals surface area contributed by atoms with E-state index in [2.05, 4.69) is 0 Å². The van der Waals surface area contributed by atoms with Gasteiger partial charge in [0.25, 0.3) is 6.43 Å². The van der Waals surface area contributed by atoms with Gasteiger partial charge in [-0.15, -0.1) is 0 Å². The van der Waals surface area contributed by atoms with Gasteiger partial charge in [-0.2, -0.15) is 0 Å². The third kappa shape index (κ3) is 2.82. The highest BCUT2D eigenvalue weighted by Crippen LogP contribution is 2.31. The van der Waals surface area contributed by atoms with E-state index in [1.807, 2.05) is 0 Å². The molecule has 2 atom stereocenters. The van der Waals surface area contributed by atoms with Crippen molar-refractivity contribution >= 4 is 5.97 Å². The molecular formula is C10H11F2NO4. The summed E-state index contributed by atoms with van der Waals surface area (Å²) in [6.07, 6.45) is -3.13. The predicted molar refractivity (Wildman–Crippen MR) is 53.8 cm³/mol. The van der Waals surface area contributed by atoms with Crippen molar-refractivity contribution in [2.75, 3.05) is 0 Å². The van der Waals surface area contributed by atoms with Crippen molar-refractivity contribution in [2.24, 2.45) is 11.7 Å². The van der Waals surface area contributed by atoms with E-state index in [1.165, 1.54) is 6.07 Å². The number of aliphatic carboxylic acids is 1. The zero-order chi connectivity index (χ0) is 13.2. The van der Waals surface area contributed by atoms with Crippen LogP contribution in [0, 0.1) is 5.92 Å². The average Bonchev–Trinajstić information content (AvgIpc) is 2.20. The molecule has 17 heavy (non-hydrogen) atoms. The number of benzene rings is 1. The van der Waals surface area contributed by atoms with Gasteiger partial charge in [-0.25, -0.2) is 8.78 Å². The van der Waals surface area contributed by atoms with Gasteiger partial charge in [0.1, 0.15) is 5.92 Å². The fraction of sp³-hybridized carbons (Fsp3) is 0.300. The quantitative estimate of drug-likeness (QED) is 0.596. The molecule has 0 aliphatic rings. The van der Waals surface area contributed by atoms with E-state index in [9.17, 15) is 13.6 Å². The molecule has 0 heterocycles. The Morgan fingerprint density at radius 1 is 1.24 bits per heavy atom. The van der Waals surface area contributed by atoms with Crippen LogP contribution in [0.3, 0.4) is 0 Å². The Morgan fingerprint density at radius 3 is 2.24 bits per heavy atom. The minimum atomic E-state index is -3.13. The number of rotatable bonds is 4. The van der Waals surface area contributed by atoms with Gasteiger partial charge < -0.3 is 21.1 Å². The van der Waals surface area contributed by atoms with Crippen LogP contribution in [0.15, 0.2) is 18.2 Å². The average molecular weight is 247 g/mol. The second-order valence-electron chi connectivity index (χ2n) is 3.47. The summed E-state index contributed by atoms with van der Waals surface area (Å²) in [5, 5.41) is 26.8. The molecule has 0 fully saturated rings. The minimum Gasteiger partial charge on any atom is -0.504 e. The maximum absolute atomic E-state index is 12.5. The van der Waals surface area contributed by atoms with Crippen LogP contribution in [-0.4, -0.2) is 27.7 Å². The Bertz CT molecular complexity index is 425. The maximum atomic E-state index is 12.5. The third-order valence-corrected chi connectivity index (χ3v) is 2.33. The van der Waals surface area contributed by atoms with E-state index < -0.39 is 35.9 Å². The second kappa shape index (κ2) is 4.96. The van der Waals surface area contributed by atoms with Crippen LogP contribution in [0.2, 0.25) is 0 Å². The van der Waals surface area contributed by atoms with Gasteiger partial charge in [-0.3, -0.25) is 4.79 Å². The van der Waals surface area contributed by atoms with Crippen molar-refractivity contribution in [3.63, 3.8) is 0 Å². The van der Waals surface area contributed by atoms with Gasteiger partial charge in [0.2, 0.25) is 0 Å². The Balaban J connectivity index is 3.05. The first-order valence-corrected chi connectivity index (χ1v) is 4.63. The first-order chi connectivity index (χ1) is 7.84. The fourth-order valence-corrected chi connectivity index (χ4v) is 1.37. The molecule has 0 saturated heterocycles. The Labute approximate surface area is 95.1 Å². The van der Waals surface area contributed by atoms with Gasteiger partial charge >= 0.3 is 5.97 Å². The summed E-state index contributed by atoms with van der Waals surface area (Å²) in [6, 6.07) is 1.71. The summed E-state index contributed by atoms with van der Waals surface area (Å²) >= 11 is 0. The molecule has 1 rings (SSSR count). The van der Waals surface area contributed by atoms with Crippen LogP contribution in [0.1, 0.15) is 11.6 Å². The van der Waals surface area contributed by atoms with Crippen LogP contribution in [0.5, 0.6) is 11.5 Å². The summed E-state index contributed by atoms with van der Waals surface area (Å²) < 4.78 is 25.0. The smallest absolute Gasteiger partial charge is 0.314 e. The molecule has 5 nitrogen and oxygen atoms in total. The lowest BCUT2D eigenvalue weighted by Crippen LogP contribution is -2.33. The van der Waals surface area contributed by atoms with Gasteiger partial charge in [0.15, 0.2) is 11.5 Å². The number of nitrogens with two attached hydrogens (primary N) is 1. The number of carboxylic acids is 1. The number of aromatic hydroxyl groups is 2. The van der Waals surface area contributed by atoms with E-state index in [1.54, 1.807) is 0 Å². The number of alkyl halides is 2. The van der Waals surface area contributed by atoms with Crippen molar-refractivity contribution in [1.82, 2.24) is 0 Å². The summed E-state index contributed by atoms with van der Waals surface area (Å²) in [5.74, 6) is -4.78. The van der Waals surface area contributed by atoms with Gasteiger partial charge in [0, 0.05) is 6.04 Å². The van der Waals surface area contributed by atoms with Crippen LogP contribution >= 0.6 is 0 Å². The normalized spacial score (nSPS) is 14.6. The number of carboxylic acid groups (broad SMARTS) is 1. The summed E-state index contributed by atoms with van der Waals surface area (Å²) in [7, 11) is 0. The van der Waals surface area contributed by atoms with E-state index in [0.717, 1.165) is 12.1 Å². The number of phenols is 2. The molecule has 1 unspecified atom stereocenters. The zero-order valence-electron chi connectivity index (χ0n) is 8.55. The molecule has 94 valence electrons. The van der Waals surface area contributed by atoms with E-state index in [0.29, 0.717) is 0 Å². The molecule has 0 radical (unpaired) electrons. The molecule has 0 bridgehead atoms. The first-order valence-electron chi connectivity index (χ1n) is 4.63. The lowest BCUT2D eigenvalue weighted by atomic mass is 9.94. The number of hydrogen-bond acceptors (Lipinski definition) is 4. The third-order valence-electron chi connectivity index (χ3n) is 2.33. The summed E-state index contributed by atoms with van der Waals surface area (Å²) in [5.41, 5.74) is 5.41. The Morgan fingerprint density at radius 2 is 1.82 bits per heavy atom. The zero-order valence-corrected chi connectivity index (χ0v) is 8.55. The van der Waals surface area contributed by atoms with Gasteiger partial charge in [-0.1, -0.05) is 6.07 Å². The van der Waals surface area contributed by atoms with Crippen molar-refractivity contribution in [2.45, 2.75) is 12.5 Å². The molecule has 0 saturated carbocycles. The lowest BCUT2D eigenvalue weighted by Gasteiger charge is -2.19. The highest BCUT2D eigenvalue weighted by molar-refractivity contribution is 5.71. The molecule has 1 aromatic carbocycles. The number of halogens is 2. The van der Waals surface area contributed by atoms with Crippen LogP contribution < -0.4 is 5.73 Å². The van der Waals surface area contributed by atoms with Crippen LogP contribution in [0.4, 0.5) is 8.78 Å². The monoisotopic (exact) mass is 247 g/mol. The second-order valence-corrected chi connectivity index (χ2v) is 3.47. The lowest BCUT2D eigenvalue weighted by molar-refractivity contribution is -0.148. The molecule has 0 aliphatic heterocycles. The largest absolute Gasteiger partial charge is 0.504 e. The van der Waals surface area contributed by atoms with Crippen molar-refractivity contribution in [3.8, 4) is 11.5 Å². The standard InChI is InChI=1S/C10H11F2NO4/c11-9(12)7(10(16)17)8(13)4-1-2-5(14)6(15)3-4/h1-3,7-9,14-15H,13H2,(H,16,17)/t7?,8-/m1/s1. The SMILES string of the molecule is N[C@H](c1ccc(O)c(O)c1)C(C(=O)O)C(F)F. The molecule has 0 amide bonds. The van der Waals surface area contributed by atoms with Gasteiger partial charge in [-0.05, 0) is 17.7 Å². The topological polar surface area (TPSA) is 104 Å². The molecular weight excluding hydrogens is 236 g/mol. The number of carbonyl (C=O) groups is 1. The first kappa shape index (κ1) is 13.2. The molecule has 7 heteroatoms. The Kier molecular flexibility index (Phi) is 3.84. The molecule has 1 aromatic rings. The Hall–Kier alpha value is -1.89. The van der Waals surface area contributed by atoms with Crippen molar-refractivity contribution in [1.29, 1.82) is 0 Å². The van der Waals surface area contributed by atoms with Crippen LogP contribution in [0.25, 0.3) is 0 Å². The summed E-state index contributed by atoms with van der Waals surface area (Å²) in [4.78, 5) is 10.6. The molecule has 0 aromatic heterocycles. The van der Waals surface area contributed by atoms with E-state index in [4.69, 9.17) is 21.1 Å². The number of phenolic OH excluding ortho intramolecular Hbond substituents is 2. The van der Waals surface area contributed by atoms with Crippen molar-refractivity contribution in [3.05, 3.63) is 23.8 Å². The molecule has 5 N–H and O–H groups in total. The summed E-state index contributed by atoms with van der Waals surface area (Å²) in [6.45, 7) is 0. The van der Waals surface area contributed by atoms with E-state index in [-0.39, 0.29) is 5.56 Å². The van der Waals surface area contributed by atoms with Crippen molar-refractivity contribution < 1.29 is 28.9 Å². The van der Waals surface area contributed by atoms with Gasteiger partial charge in [0.05, 0.1) is 0 Å². The highest BCUT2D eigenvalue weighted by Gasteiger charge is 2.35. The molecule has 0 aliphatic carbocycles. The highest BCUT2D eigenvalue weighted by atomic mass is 19.3. The fourth-order valence-electron chi connectivity index (χ4n) is 1.37.